The van der Waals surface area contributed by atoms with E-state index in [0.717, 1.165) is 37.2 Å². The van der Waals surface area contributed by atoms with Crippen molar-refractivity contribution in [2.75, 3.05) is 26.2 Å². The summed E-state index contributed by atoms with van der Waals surface area (Å²) in [5, 5.41) is 3.49. The highest BCUT2D eigenvalue weighted by Gasteiger charge is 1.99. The Morgan fingerprint density at radius 1 is 1.18 bits per heavy atom. The van der Waals surface area contributed by atoms with Crippen LogP contribution in [0.4, 0.5) is 0 Å². The van der Waals surface area contributed by atoms with Crippen LogP contribution < -0.4 is 5.32 Å². The fourth-order valence-corrected chi connectivity index (χ4v) is 2.58. The summed E-state index contributed by atoms with van der Waals surface area (Å²) in [6.07, 6.45) is 0. The first kappa shape index (κ1) is 14.7. The minimum atomic E-state index is 0.946. The standard InChI is InChI=1S/C14H23BrN2/c1-4-17(5-2)7-6-16-11-13-8-12(3)9-14(15)10-13/h8-10,16H,4-7,11H2,1-3H3. The molecule has 0 spiro atoms. The number of hydrogen-bond acceptors (Lipinski definition) is 2. The Kier molecular flexibility index (Phi) is 6.78. The van der Waals surface area contributed by atoms with Crippen LogP contribution in [0.1, 0.15) is 25.0 Å². The van der Waals surface area contributed by atoms with Gasteiger partial charge in [-0.2, -0.15) is 0 Å². The first-order valence-corrected chi connectivity index (χ1v) is 7.14. The average molecular weight is 299 g/mol. The Labute approximate surface area is 114 Å². The van der Waals surface area contributed by atoms with E-state index >= 15 is 0 Å². The molecule has 0 aromatic heterocycles. The molecule has 0 saturated carbocycles. The van der Waals surface area contributed by atoms with E-state index in [4.69, 9.17) is 0 Å². The molecule has 0 unspecified atom stereocenters. The minimum Gasteiger partial charge on any atom is -0.311 e. The number of nitrogens with zero attached hydrogens (tertiary/aromatic N) is 1. The molecule has 3 heteroatoms. The van der Waals surface area contributed by atoms with E-state index in [1.807, 2.05) is 0 Å². The lowest BCUT2D eigenvalue weighted by molar-refractivity contribution is 0.302. The van der Waals surface area contributed by atoms with Gasteiger partial charge in [-0.05, 0) is 43.3 Å². The van der Waals surface area contributed by atoms with E-state index in [0.29, 0.717) is 0 Å². The summed E-state index contributed by atoms with van der Waals surface area (Å²) in [6.45, 7) is 11.9. The minimum absolute atomic E-state index is 0.946. The predicted molar refractivity (Wildman–Crippen MR) is 78.4 cm³/mol. The molecule has 0 radical (unpaired) electrons. The summed E-state index contributed by atoms with van der Waals surface area (Å²) < 4.78 is 1.16. The highest BCUT2D eigenvalue weighted by Crippen LogP contribution is 2.14. The Bertz CT molecular complexity index is 315. The lowest BCUT2D eigenvalue weighted by Gasteiger charge is -2.18. The van der Waals surface area contributed by atoms with Gasteiger partial charge in [-0.3, -0.25) is 0 Å². The molecule has 0 aliphatic rings. The molecule has 0 saturated heterocycles. The topological polar surface area (TPSA) is 15.3 Å². The van der Waals surface area contributed by atoms with E-state index in [-0.39, 0.29) is 0 Å². The zero-order chi connectivity index (χ0) is 12.7. The number of nitrogens with one attached hydrogen (secondary N) is 1. The number of aryl methyl sites for hydroxylation is 1. The van der Waals surface area contributed by atoms with Crippen molar-refractivity contribution in [3.05, 3.63) is 33.8 Å². The SMILES string of the molecule is CCN(CC)CCNCc1cc(C)cc(Br)c1. The Morgan fingerprint density at radius 3 is 2.47 bits per heavy atom. The van der Waals surface area contributed by atoms with Crippen LogP contribution >= 0.6 is 15.9 Å². The van der Waals surface area contributed by atoms with Gasteiger partial charge in [0, 0.05) is 24.1 Å². The van der Waals surface area contributed by atoms with Crippen LogP contribution in [0.3, 0.4) is 0 Å². The van der Waals surface area contributed by atoms with Crippen molar-refractivity contribution in [1.29, 1.82) is 0 Å². The third-order valence-corrected chi connectivity index (χ3v) is 3.39. The maximum Gasteiger partial charge on any atom is 0.0206 e. The molecule has 0 atom stereocenters. The fourth-order valence-electron chi connectivity index (χ4n) is 1.92. The van der Waals surface area contributed by atoms with E-state index < -0.39 is 0 Å². The van der Waals surface area contributed by atoms with Crippen molar-refractivity contribution in [3.63, 3.8) is 0 Å². The van der Waals surface area contributed by atoms with E-state index in [1.54, 1.807) is 0 Å². The molecule has 1 aromatic carbocycles. The smallest absolute Gasteiger partial charge is 0.0206 e. The number of hydrogen-bond donors (Lipinski definition) is 1. The first-order valence-electron chi connectivity index (χ1n) is 6.34. The molecule has 1 N–H and O–H groups in total. The Morgan fingerprint density at radius 2 is 1.88 bits per heavy atom. The van der Waals surface area contributed by atoms with Crippen LogP contribution in [0.2, 0.25) is 0 Å². The van der Waals surface area contributed by atoms with Gasteiger partial charge in [-0.1, -0.05) is 35.8 Å². The van der Waals surface area contributed by atoms with Gasteiger partial charge in [0.1, 0.15) is 0 Å². The van der Waals surface area contributed by atoms with Gasteiger partial charge in [0.2, 0.25) is 0 Å². The summed E-state index contributed by atoms with van der Waals surface area (Å²) in [5.41, 5.74) is 2.65. The normalized spacial score (nSPS) is 11.1. The Hall–Kier alpha value is -0.380. The molecule has 0 heterocycles. The second-order valence-electron chi connectivity index (χ2n) is 4.34. The molecular weight excluding hydrogens is 276 g/mol. The summed E-state index contributed by atoms with van der Waals surface area (Å²) in [6, 6.07) is 6.55. The number of rotatable bonds is 7. The quantitative estimate of drug-likeness (QED) is 0.778. The third kappa shape index (κ3) is 5.66. The molecular formula is C14H23BrN2. The van der Waals surface area contributed by atoms with Crippen molar-refractivity contribution in [1.82, 2.24) is 10.2 Å². The molecule has 1 aromatic rings. The first-order chi connectivity index (χ1) is 8.15. The third-order valence-electron chi connectivity index (χ3n) is 2.93. The second-order valence-corrected chi connectivity index (χ2v) is 5.26. The number of halogens is 1. The van der Waals surface area contributed by atoms with Crippen LogP contribution in [-0.2, 0) is 6.54 Å². The molecule has 0 fully saturated rings. The van der Waals surface area contributed by atoms with Gasteiger partial charge in [0.05, 0.1) is 0 Å². The van der Waals surface area contributed by atoms with Gasteiger partial charge in [-0.25, -0.2) is 0 Å². The van der Waals surface area contributed by atoms with Crippen molar-refractivity contribution < 1.29 is 0 Å². The van der Waals surface area contributed by atoms with Crippen LogP contribution in [0.15, 0.2) is 22.7 Å². The summed E-state index contributed by atoms with van der Waals surface area (Å²) in [5.74, 6) is 0. The van der Waals surface area contributed by atoms with Gasteiger partial charge >= 0.3 is 0 Å². The van der Waals surface area contributed by atoms with Gasteiger partial charge < -0.3 is 10.2 Å². The molecule has 0 aliphatic heterocycles. The maximum absolute atomic E-state index is 3.53. The fraction of sp³-hybridized carbons (Fsp3) is 0.571. The highest BCUT2D eigenvalue weighted by molar-refractivity contribution is 9.10. The monoisotopic (exact) mass is 298 g/mol. The van der Waals surface area contributed by atoms with E-state index in [1.165, 1.54) is 11.1 Å². The average Bonchev–Trinajstić information content (AvgIpc) is 2.28. The maximum atomic E-state index is 3.53. The summed E-state index contributed by atoms with van der Waals surface area (Å²) >= 11 is 3.53. The van der Waals surface area contributed by atoms with Crippen LogP contribution in [0.5, 0.6) is 0 Å². The van der Waals surface area contributed by atoms with Crippen molar-refractivity contribution in [3.8, 4) is 0 Å². The molecule has 96 valence electrons. The van der Waals surface area contributed by atoms with E-state index in [9.17, 15) is 0 Å². The lowest BCUT2D eigenvalue weighted by atomic mass is 10.1. The van der Waals surface area contributed by atoms with Gasteiger partial charge in [-0.15, -0.1) is 0 Å². The number of benzene rings is 1. The predicted octanol–water partition coefficient (Wildman–Crippen LogP) is 3.19. The van der Waals surface area contributed by atoms with Gasteiger partial charge in [0.15, 0.2) is 0 Å². The molecule has 17 heavy (non-hydrogen) atoms. The number of likely N-dealkylation sites (N-methyl/N-ethyl adjacent to an activating group) is 1. The zero-order valence-electron chi connectivity index (χ0n) is 11.1. The van der Waals surface area contributed by atoms with Crippen LogP contribution in [0.25, 0.3) is 0 Å². The molecule has 0 aliphatic carbocycles. The summed E-state index contributed by atoms with van der Waals surface area (Å²) in [7, 11) is 0. The van der Waals surface area contributed by atoms with Crippen LogP contribution in [0, 0.1) is 6.92 Å². The molecule has 0 amide bonds. The summed E-state index contributed by atoms with van der Waals surface area (Å²) in [4.78, 5) is 2.43. The van der Waals surface area contributed by atoms with Crippen molar-refractivity contribution in [2.45, 2.75) is 27.3 Å². The van der Waals surface area contributed by atoms with Crippen molar-refractivity contribution >= 4 is 15.9 Å². The van der Waals surface area contributed by atoms with Crippen LogP contribution in [-0.4, -0.2) is 31.1 Å². The molecule has 1 rings (SSSR count). The largest absolute Gasteiger partial charge is 0.311 e. The second kappa shape index (κ2) is 7.85. The van der Waals surface area contributed by atoms with E-state index in [2.05, 4.69) is 65.1 Å². The lowest BCUT2D eigenvalue weighted by Crippen LogP contribution is -2.31. The highest BCUT2D eigenvalue weighted by atomic mass is 79.9. The Balaban J connectivity index is 2.31. The molecule has 0 bridgehead atoms. The molecule has 2 nitrogen and oxygen atoms in total. The van der Waals surface area contributed by atoms with Gasteiger partial charge in [0.25, 0.3) is 0 Å². The zero-order valence-corrected chi connectivity index (χ0v) is 12.7. The van der Waals surface area contributed by atoms with Crippen molar-refractivity contribution in [2.24, 2.45) is 0 Å².